The fourth-order valence-corrected chi connectivity index (χ4v) is 2.07. The molecule has 1 saturated heterocycles. The normalized spacial score (nSPS) is 18.8. The fourth-order valence-electron chi connectivity index (χ4n) is 2.07. The predicted octanol–water partition coefficient (Wildman–Crippen LogP) is 0.802. The Hall–Kier alpha value is -1.88. The van der Waals surface area contributed by atoms with Gasteiger partial charge in [0.05, 0.1) is 6.54 Å². The highest BCUT2D eigenvalue weighted by Gasteiger charge is 2.17. The van der Waals surface area contributed by atoms with Gasteiger partial charge in [0, 0.05) is 24.7 Å². The zero-order chi connectivity index (χ0) is 13.7. The molecule has 0 aliphatic carbocycles. The number of rotatable bonds is 4. The van der Waals surface area contributed by atoms with Crippen molar-refractivity contribution in [1.82, 2.24) is 10.6 Å². The Morgan fingerprint density at radius 3 is 3.00 bits per heavy atom. The molecule has 1 unspecified atom stereocenters. The number of hydrogen-bond acceptors (Lipinski definition) is 3. The van der Waals surface area contributed by atoms with Crippen LogP contribution in [-0.2, 0) is 9.59 Å². The van der Waals surface area contributed by atoms with Crippen molar-refractivity contribution < 1.29 is 9.59 Å². The van der Waals surface area contributed by atoms with Gasteiger partial charge >= 0.3 is 0 Å². The lowest BCUT2D eigenvalue weighted by Gasteiger charge is -2.23. The van der Waals surface area contributed by atoms with Crippen molar-refractivity contribution in [3.63, 3.8) is 0 Å². The molecule has 1 aromatic carbocycles. The summed E-state index contributed by atoms with van der Waals surface area (Å²) < 4.78 is 0. The summed E-state index contributed by atoms with van der Waals surface area (Å²) in [5.41, 5.74) is 1.92. The van der Waals surface area contributed by atoms with Crippen molar-refractivity contribution in [2.75, 3.05) is 18.4 Å². The lowest BCUT2D eigenvalue weighted by molar-refractivity contribution is -0.122. The summed E-state index contributed by atoms with van der Waals surface area (Å²) in [6.45, 7) is 2.84. The first-order valence-electron chi connectivity index (χ1n) is 6.50. The van der Waals surface area contributed by atoms with Crippen molar-refractivity contribution in [1.29, 1.82) is 0 Å². The topological polar surface area (TPSA) is 70.2 Å². The number of amides is 2. The van der Waals surface area contributed by atoms with Gasteiger partial charge in [-0.1, -0.05) is 12.1 Å². The molecular formula is C14H19N3O2. The van der Waals surface area contributed by atoms with Gasteiger partial charge in [0.25, 0.3) is 0 Å². The molecule has 0 bridgehead atoms. The summed E-state index contributed by atoms with van der Waals surface area (Å²) in [7, 11) is 0. The number of benzene rings is 1. The van der Waals surface area contributed by atoms with Gasteiger partial charge in [0.2, 0.25) is 11.8 Å². The second kappa shape index (κ2) is 6.33. The second-order valence-electron chi connectivity index (χ2n) is 4.84. The monoisotopic (exact) mass is 261 g/mol. The van der Waals surface area contributed by atoms with Crippen molar-refractivity contribution in [2.24, 2.45) is 0 Å². The van der Waals surface area contributed by atoms with E-state index < -0.39 is 0 Å². The number of piperidine rings is 1. The van der Waals surface area contributed by atoms with E-state index in [9.17, 15) is 9.59 Å². The van der Waals surface area contributed by atoms with Gasteiger partial charge in [-0.15, -0.1) is 0 Å². The van der Waals surface area contributed by atoms with Crippen LogP contribution in [0.4, 0.5) is 5.69 Å². The molecule has 0 saturated carbocycles. The van der Waals surface area contributed by atoms with Crippen LogP contribution in [0.5, 0.6) is 0 Å². The molecule has 1 aromatic rings. The van der Waals surface area contributed by atoms with E-state index in [1.165, 1.54) is 0 Å². The minimum Gasteiger partial charge on any atom is -0.355 e. The average Bonchev–Trinajstić information content (AvgIpc) is 2.38. The number of hydrogen-bond donors (Lipinski definition) is 3. The van der Waals surface area contributed by atoms with Crippen LogP contribution in [-0.4, -0.2) is 30.9 Å². The molecule has 0 aromatic heterocycles. The first-order chi connectivity index (χ1) is 9.13. The van der Waals surface area contributed by atoms with Crippen LogP contribution < -0.4 is 16.0 Å². The largest absolute Gasteiger partial charge is 0.355 e. The van der Waals surface area contributed by atoms with Gasteiger partial charge in [-0.25, -0.2) is 0 Å². The van der Waals surface area contributed by atoms with Crippen LogP contribution >= 0.6 is 0 Å². The highest BCUT2D eigenvalue weighted by molar-refractivity contribution is 5.92. The summed E-state index contributed by atoms with van der Waals surface area (Å²) in [6.07, 6.45) is 1.31. The van der Waals surface area contributed by atoms with Crippen LogP contribution in [0.3, 0.4) is 0 Å². The predicted molar refractivity (Wildman–Crippen MR) is 73.8 cm³/mol. The Morgan fingerprint density at radius 1 is 1.47 bits per heavy atom. The Morgan fingerprint density at radius 2 is 2.32 bits per heavy atom. The summed E-state index contributed by atoms with van der Waals surface area (Å²) >= 11 is 0. The van der Waals surface area contributed by atoms with Gasteiger partial charge in [-0.3, -0.25) is 9.59 Å². The molecule has 2 amide bonds. The van der Waals surface area contributed by atoms with E-state index in [1.807, 2.05) is 31.2 Å². The number of nitrogens with one attached hydrogen (secondary N) is 3. The molecule has 1 fully saturated rings. The van der Waals surface area contributed by atoms with Gasteiger partial charge < -0.3 is 16.0 Å². The van der Waals surface area contributed by atoms with Crippen LogP contribution in [0, 0.1) is 6.92 Å². The van der Waals surface area contributed by atoms with E-state index in [-0.39, 0.29) is 24.4 Å². The minimum atomic E-state index is -0.0671. The SMILES string of the molecule is Cc1cccc(NC(=O)CNC2CCC(=O)NC2)c1. The van der Waals surface area contributed by atoms with E-state index in [2.05, 4.69) is 16.0 Å². The third-order valence-electron chi connectivity index (χ3n) is 3.12. The molecule has 5 heteroatoms. The highest BCUT2D eigenvalue weighted by Crippen LogP contribution is 2.09. The second-order valence-corrected chi connectivity index (χ2v) is 4.84. The third-order valence-corrected chi connectivity index (χ3v) is 3.12. The standard InChI is InChI=1S/C14H19N3O2/c1-10-3-2-4-11(7-10)17-14(19)9-15-12-5-6-13(18)16-8-12/h2-4,7,12,15H,5-6,8-9H2,1H3,(H,16,18)(H,17,19). The van der Waals surface area contributed by atoms with Crippen molar-refractivity contribution in [3.05, 3.63) is 29.8 Å². The summed E-state index contributed by atoms with van der Waals surface area (Å²) in [5, 5.41) is 8.77. The summed E-state index contributed by atoms with van der Waals surface area (Å²) in [5.74, 6) is 0.0183. The van der Waals surface area contributed by atoms with E-state index in [0.29, 0.717) is 13.0 Å². The first-order valence-corrected chi connectivity index (χ1v) is 6.50. The molecule has 0 spiro atoms. The van der Waals surface area contributed by atoms with Crippen molar-refractivity contribution in [3.8, 4) is 0 Å². The molecule has 2 rings (SSSR count). The van der Waals surface area contributed by atoms with Crippen LogP contribution in [0.25, 0.3) is 0 Å². The Kier molecular flexibility index (Phi) is 4.52. The molecular weight excluding hydrogens is 242 g/mol. The van der Waals surface area contributed by atoms with Crippen LogP contribution in [0.15, 0.2) is 24.3 Å². The molecule has 5 nitrogen and oxygen atoms in total. The zero-order valence-corrected chi connectivity index (χ0v) is 11.0. The average molecular weight is 261 g/mol. The summed E-state index contributed by atoms with van der Waals surface area (Å²) in [6, 6.07) is 7.87. The van der Waals surface area contributed by atoms with Gasteiger partial charge in [-0.2, -0.15) is 0 Å². The highest BCUT2D eigenvalue weighted by atomic mass is 16.2. The lowest BCUT2D eigenvalue weighted by Crippen LogP contribution is -2.47. The Balaban J connectivity index is 1.74. The number of carbonyl (C=O) groups excluding carboxylic acids is 2. The zero-order valence-electron chi connectivity index (χ0n) is 11.0. The Bertz CT molecular complexity index is 464. The van der Waals surface area contributed by atoms with Gasteiger partial charge in [0.15, 0.2) is 0 Å². The maximum Gasteiger partial charge on any atom is 0.238 e. The molecule has 1 aliphatic heterocycles. The summed E-state index contributed by atoms with van der Waals surface area (Å²) in [4.78, 5) is 22.8. The molecule has 1 heterocycles. The third kappa shape index (κ3) is 4.37. The van der Waals surface area contributed by atoms with E-state index in [0.717, 1.165) is 17.7 Å². The molecule has 102 valence electrons. The lowest BCUT2D eigenvalue weighted by atomic mass is 10.1. The molecule has 1 aliphatic rings. The van der Waals surface area contributed by atoms with E-state index in [1.54, 1.807) is 0 Å². The fraction of sp³-hybridized carbons (Fsp3) is 0.429. The van der Waals surface area contributed by atoms with Crippen LogP contribution in [0.1, 0.15) is 18.4 Å². The smallest absolute Gasteiger partial charge is 0.238 e. The number of aryl methyl sites for hydroxylation is 1. The van der Waals surface area contributed by atoms with Gasteiger partial charge in [-0.05, 0) is 31.0 Å². The van der Waals surface area contributed by atoms with E-state index >= 15 is 0 Å². The quantitative estimate of drug-likeness (QED) is 0.751. The molecule has 3 N–H and O–H groups in total. The molecule has 0 radical (unpaired) electrons. The maximum atomic E-state index is 11.8. The number of carbonyl (C=O) groups is 2. The van der Waals surface area contributed by atoms with Crippen LogP contribution in [0.2, 0.25) is 0 Å². The minimum absolute atomic E-state index is 0.0671. The first kappa shape index (κ1) is 13.5. The Labute approximate surface area is 112 Å². The molecule has 1 atom stereocenters. The van der Waals surface area contributed by atoms with E-state index in [4.69, 9.17) is 0 Å². The van der Waals surface area contributed by atoms with Crippen molar-refractivity contribution >= 4 is 17.5 Å². The van der Waals surface area contributed by atoms with Crippen molar-refractivity contribution in [2.45, 2.75) is 25.8 Å². The number of anilines is 1. The molecule has 19 heavy (non-hydrogen) atoms. The van der Waals surface area contributed by atoms with Gasteiger partial charge in [0.1, 0.15) is 0 Å². The maximum absolute atomic E-state index is 11.8.